The largest absolute Gasteiger partial charge is 0.382 e. The summed E-state index contributed by atoms with van der Waals surface area (Å²) in [5.74, 6) is 0. The molecule has 1 heterocycles. The van der Waals surface area contributed by atoms with Crippen molar-refractivity contribution in [2.45, 2.75) is 51.8 Å². The highest BCUT2D eigenvalue weighted by molar-refractivity contribution is 5.01. The molecule has 0 spiro atoms. The number of hydrogen-bond acceptors (Lipinski definition) is 3. The molecule has 2 N–H and O–H groups in total. The molecular weight excluding hydrogens is 202 g/mol. The van der Waals surface area contributed by atoms with Crippen molar-refractivity contribution in [2.75, 3.05) is 7.11 Å². The molecule has 0 saturated carbocycles. The van der Waals surface area contributed by atoms with E-state index in [-0.39, 0.29) is 12.1 Å². The zero-order valence-corrected chi connectivity index (χ0v) is 10.7. The number of nitrogens with zero attached hydrogens (tertiary/aromatic N) is 2. The van der Waals surface area contributed by atoms with E-state index in [4.69, 9.17) is 10.5 Å². The van der Waals surface area contributed by atoms with Gasteiger partial charge in [-0.3, -0.25) is 4.68 Å². The molecule has 2 unspecified atom stereocenters. The third-order valence-electron chi connectivity index (χ3n) is 2.70. The zero-order valence-electron chi connectivity index (χ0n) is 10.7. The molecule has 4 nitrogen and oxygen atoms in total. The van der Waals surface area contributed by atoms with Crippen molar-refractivity contribution < 1.29 is 4.74 Å². The second-order valence-corrected chi connectivity index (χ2v) is 4.63. The van der Waals surface area contributed by atoms with Crippen LogP contribution in [0.5, 0.6) is 0 Å². The van der Waals surface area contributed by atoms with Crippen LogP contribution in [0, 0.1) is 0 Å². The lowest BCUT2D eigenvalue weighted by atomic mass is 10.1. The lowest BCUT2D eigenvalue weighted by Gasteiger charge is -2.15. The fourth-order valence-corrected chi connectivity index (χ4v) is 1.65. The van der Waals surface area contributed by atoms with E-state index in [0.29, 0.717) is 6.04 Å². The SMILES string of the molecule is COC(C)CC(N)Cc1ccn(C(C)C)n1. The Morgan fingerprint density at radius 3 is 2.62 bits per heavy atom. The van der Waals surface area contributed by atoms with Crippen LogP contribution in [0.4, 0.5) is 0 Å². The molecule has 0 saturated heterocycles. The van der Waals surface area contributed by atoms with E-state index in [2.05, 4.69) is 18.9 Å². The van der Waals surface area contributed by atoms with Gasteiger partial charge in [-0.05, 0) is 33.3 Å². The van der Waals surface area contributed by atoms with Crippen molar-refractivity contribution in [1.82, 2.24) is 9.78 Å². The maximum Gasteiger partial charge on any atom is 0.0640 e. The first-order chi connectivity index (χ1) is 7.52. The summed E-state index contributed by atoms with van der Waals surface area (Å²) in [4.78, 5) is 0. The number of aromatic nitrogens is 2. The highest BCUT2D eigenvalue weighted by Crippen LogP contribution is 2.08. The van der Waals surface area contributed by atoms with Crippen LogP contribution in [-0.2, 0) is 11.2 Å². The van der Waals surface area contributed by atoms with Gasteiger partial charge in [-0.2, -0.15) is 5.10 Å². The van der Waals surface area contributed by atoms with E-state index in [1.165, 1.54) is 0 Å². The molecule has 1 aromatic heterocycles. The van der Waals surface area contributed by atoms with Gasteiger partial charge in [0.1, 0.15) is 0 Å². The van der Waals surface area contributed by atoms with Crippen LogP contribution >= 0.6 is 0 Å². The zero-order chi connectivity index (χ0) is 12.1. The van der Waals surface area contributed by atoms with Gasteiger partial charge in [0.15, 0.2) is 0 Å². The van der Waals surface area contributed by atoms with E-state index < -0.39 is 0 Å². The molecule has 0 amide bonds. The first-order valence-corrected chi connectivity index (χ1v) is 5.85. The van der Waals surface area contributed by atoms with Crippen molar-refractivity contribution in [3.05, 3.63) is 18.0 Å². The Morgan fingerprint density at radius 2 is 2.12 bits per heavy atom. The van der Waals surface area contributed by atoms with Crippen LogP contribution < -0.4 is 5.73 Å². The molecule has 4 heteroatoms. The van der Waals surface area contributed by atoms with E-state index in [1.807, 2.05) is 23.9 Å². The normalized spacial score (nSPS) is 15.4. The standard InChI is InChI=1S/C12H23N3O/c1-9(2)15-6-5-12(14-15)8-11(13)7-10(3)16-4/h5-6,9-11H,7-8,13H2,1-4H3. The van der Waals surface area contributed by atoms with Gasteiger partial charge in [-0.15, -0.1) is 0 Å². The predicted octanol–water partition coefficient (Wildman–Crippen LogP) is 1.76. The Morgan fingerprint density at radius 1 is 1.44 bits per heavy atom. The highest BCUT2D eigenvalue weighted by atomic mass is 16.5. The summed E-state index contributed by atoms with van der Waals surface area (Å²) < 4.78 is 7.16. The lowest BCUT2D eigenvalue weighted by Crippen LogP contribution is -2.28. The van der Waals surface area contributed by atoms with Crippen molar-refractivity contribution in [3.8, 4) is 0 Å². The van der Waals surface area contributed by atoms with Gasteiger partial charge in [-0.25, -0.2) is 0 Å². The number of nitrogens with two attached hydrogens (primary N) is 1. The molecule has 1 aromatic rings. The Hall–Kier alpha value is -0.870. The predicted molar refractivity (Wildman–Crippen MR) is 65.4 cm³/mol. The van der Waals surface area contributed by atoms with Crippen molar-refractivity contribution in [2.24, 2.45) is 5.73 Å². The fourth-order valence-electron chi connectivity index (χ4n) is 1.65. The highest BCUT2D eigenvalue weighted by Gasteiger charge is 2.11. The molecule has 0 fully saturated rings. The molecule has 0 bridgehead atoms. The van der Waals surface area contributed by atoms with Crippen molar-refractivity contribution >= 4 is 0 Å². The first kappa shape index (κ1) is 13.2. The van der Waals surface area contributed by atoms with Gasteiger partial charge < -0.3 is 10.5 Å². The minimum Gasteiger partial charge on any atom is -0.382 e. The Balaban J connectivity index is 2.46. The number of hydrogen-bond donors (Lipinski definition) is 1. The van der Waals surface area contributed by atoms with E-state index in [0.717, 1.165) is 18.5 Å². The third-order valence-corrected chi connectivity index (χ3v) is 2.70. The van der Waals surface area contributed by atoms with E-state index in [1.54, 1.807) is 7.11 Å². The van der Waals surface area contributed by atoms with Gasteiger partial charge in [0.2, 0.25) is 0 Å². The average molecular weight is 225 g/mol. The summed E-state index contributed by atoms with van der Waals surface area (Å²) in [5.41, 5.74) is 7.10. The molecule has 0 aliphatic carbocycles. The van der Waals surface area contributed by atoms with Crippen LogP contribution in [0.25, 0.3) is 0 Å². The number of methoxy groups -OCH3 is 1. The van der Waals surface area contributed by atoms with Crippen molar-refractivity contribution in [3.63, 3.8) is 0 Å². The molecule has 16 heavy (non-hydrogen) atoms. The maximum absolute atomic E-state index is 6.04. The topological polar surface area (TPSA) is 53.1 Å². The molecule has 0 radical (unpaired) electrons. The van der Waals surface area contributed by atoms with E-state index >= 15 is 0 Å². The molecule has 1 rings (SSSR count). The van der Waals surface area contributed by atoms with Gasteiger partial charge >= 0.3 is 0 Å². The van der Waals surface area contributed by atoms with Gasteiger partial charge in [-0.1, -0.05) is 0 Å². The quantitative estimate of drug-likeness (QED) is 0.802. The van der Waals surface area contributed by atoms with Crippen LogP contribution in [0.1, 0.15) is 38.9 Å². The fraction of sp³-hybridized carbons (Fsp3) is 0.750. The molecule has 0 aromatic carbocycles. The second kappa shape index (κ2) is 6.01. The minimum atomic E-state index is 0.116. The average Bonchev–Trinajstić information content (AvgIpc) is 2.65. The van der Waals surface area contributed by atoms with E-state index in [9.17, 15) is 0 Å². The number of rotatable bonds is 6. The molecule has 2 atom stereocenters. The monoisotopic (exact) mass is 225 g/mol. The Kier molecular flexibility index (Phi) is 4.96. The van der Waals surface area contributed by atoms with Gasteiger partial charge in [0, 0.05) is 31.8 Å². The summed E-state index contributed by atoms with van der Waals surface area (Å²) in [5, 5.41) is 4.48. The Labute approximate surface area is 97.8 Å². The van der Waals surface area contributed by atoms with Gasteiger partial charge in [0.05, 0.1) is 11.8 Å². The van der Waals surface area contributed by atoms with Crippen LogP contribution in [0.3, 0.4) is 0 Å². The summed E-state index contributed by atoms with van der Waals surface area (Å²) in [6, 6.07) is 2.56. The smallest absolute Gasteiger partial charge is 0.0640 e. The summed E-state index contributed by atoms with van der Waals surface area (Å²) in [6.45, 7) is 6.26. The number of ether oxygens (including phenoxy) is 1. The van der Waals surface area contributed by atoms with Crippen LogP contribution in [0.15, 0.2) is 12.3 Å². The summed E-state index contributed by atoms with van der Waals surface area (Å²) in [6.07, 6.45) is 3.90. The van der Waals surface area contributed by atoms with Crippen LogP contribution in [-0.4, -0.2) is 29.0 Å². The Bertz CT molecular complexity index is 309. The third kappa shape index (κ3) is 3.94. The van der Waals surface area contributed by atoms with Gasteiger partial charge in [0.25, 0.3) is 0 Å². The van der Waals surface area contributed by atoms with Crippen molar-refractivity contribution in [1.29, 1.82) is 0 Å². The molecule has 0 aliphatic heterocycles. The molecular formula is C12H23N3O. The molecule has 92 valence electrons. The molecule has 0 aliphatic rings. The maximum atomic E-state index is 6.04. The first-order valence-electron chi connectivity index (χ1n) is 5.85. The van der Waals surface area contributed by atoms with Crippen LogP contribution in [0.2, 0.25) is 0 Å². The minimum absolute atomic E-state index is 0.116. The lowest BCUT2D eigenvalue weighted by molar-refractivity contribution is 0.104. The summed E-state index contributed by atoms with van der Waals surface area (Å²) >= 11 is 0. The second-order valence-electron chi connectivity index (χ2n) is 4.63. The summed E-state index contributed by atoms with van der Waals surface area (Å²) in [7, 11) is 1.71.